The molecule has 0 amide bonds. The summed E-state index contributed by atoms with van der Waals surface area (Å²) in [5.41, 5.74) is -0.437. The molecule has 1 saturated carbocycles. The molecule has 0 aromatic heterocycles. The first-order chi connectivity index (χ1) is 9.55. The van der Waals surface area contributed by atoms with Crippen molar-refractivity contribution in [2.45, 2.75) is 35.2 Å². The zero-order valence-electron chi connectivity index (χ0n) is 10.9. The van der Waals surface area contributed by atoms with Crippen molar-refractivity contribution in [3.8, 4) is 0 Å². The van der Waals surface area contributed by atoms with Crippen molar-refractivity contribution in [1.82, 2.24) is 0 Å². The molecule has 2 rings (SSSR count). The number of hydrogen-bond acceptors (Lipinski definition) is 4. The molecule has 21 heavy (non-hydrogen) atoms. The van der Waals surface area contributed by atoms with Gasteiger partial charge in [0.1, 0.15) is 10.7 Å². The van der Waals surface area contributed by atoms with Gasteiger partial charge in [0.05, 0.1) is 5.69 Å². The third-order valence-corrected chi connectivity index (χ3v) is 5.04. The van der Waals surface area contributed by atoms with Crippen LogP contribution in [0.25, 0.3) is 0 Å². The quantitative estimate of drug-likeness (QED) is 0.834. The Bertz CT molecular complexity index is 639. The lowest BCUT2D eigenvalue weighted by atomic mass is 9.78. The van der Waals surface area contributed by atoms with Crippen molar-refractivity contribution in [3.63, 3.8) is 0 Å². The molecule has 1 fully saturated rings. The van der Waals surface area contributed by atoms with Crippen LogP contribution >= 0.6 is 0 Å². The number of alkyl halides is 3. The van der Waals surface area contributed by atoms with Crippen LogP contribution in [0.2, 0.25) is 0 Å². The van der Waals surface area contributed by atoms with Crippen LogP contribution in [-0.4, -0.2) is 26.0 Å². The summed E-state index contributed by atoms with van der Waals surface area (Å²) in [5.74, 6) is -1.06. The lowest BCUT2D eigenvalue weighted by molar-refractivity contribution is -0.0435. The number of nitrogens with one attached hydrogen (secondary N) is 1. The zero-order valence-corrected chi connectivity index (χ0v) is 11.7. The van der Waals surface area contributed by atoms with Crippen molar-refractivity contribution in [1.29, 1.82) is 0 Å². The Hall–Kier alpha value is -1.35. The van der Waals surface area contributed by atoms with Gasteiger partial charge in [0, 0.05) is 12.1 Å². The number of hydrogen-bond donors (Lipinski definition) is 2. The van der Waals surface area contributed by atoms with Crippen LogP contribution in [0.5, 0.6) is 0 Å². The second-order valence-electron chi connectivity index (χ2n) is 5.16. The Kier molecular flexibility index (Phi) is 3.92. The second-order valence-corrected chi connectivity index (χ2v) is 7.07. The maximum atomic E-state index is 13.1. The predicted octanol–water partition coefficient (Wildman–Crippen LogP) is 2.41. The van der Waals surface area contributed by atoms with Crippen molar-refractivity contribution >= 4 is 15.5 Å². The summed E-state index contributed by atoms with van der Waals surface area (Å²) in [5, 5.41) is 2.59. The highest BCUT2D eigenvalue weighted by Crippen LogP contribution is 2.36. The van der Waals surface area contributed by atoms with Crippen molar-refractivity contribution in [3.05, 3.63) is 24.0 Å². The van der Waals surface area contributed by atoms with Crippen LogP contribution in [0.1, 0.15) is 19.3 Å². The molecule has 1 aliphatic rings. The molecule has 0 unspecified atom stereocenters. The number of anilines is 1. The Balaban J connectivity index is 2.34. The molecule has 118 valence electrons. The van der Waals surface area contributed by atoms with E-state index in [1.807, 2.05) is 0 Å². The van der Waals surface area contributed by atoms with Crippen LogP contribution in [0.3, 0.4) is 0 Å². The normalized spacial score (nSPS) is 18.1. The minimum absolute atomic E-state index is 0.124. The second kappa shape index (κ2) is 5.13. The van der Waals surface area contributed by atoms with Gasteiger partial charge >= 0.3 is 5.51 Å². The molecule has 0 bridgehead atoms. The van der Waals surface area contributed by atoms with E-state index in [1.54, 1.807) is 0 Å². The van der Waals surface area contributed by atoms with Crippen LogP contribution in [0.4, 0.5) is 23.2 Å². The molecule has 1 aliphatic carbocycles. The van der Waals surface area contributed by atoms with Gasteiger partial charge in [0.25, 0.3) is 9.84 Å². The van der Waals surface area contributed by atoms with Crippen LogP contribution in [0.15, 0.2) is 23.1 Å². The highest BCUT2D eigenvalue weighted by atomic mass is 32.2. The number of benzene rings is 1. The molecule has 9 heteroatoms. The monoisotopic (exact) mass is 326 g/mol. The van der Waals surface area contributed by atoms with Gasteiger partial charge in [0.15, 0.2) is 0 Å². The van der Waals surface area contributed by atoms with Crippen molar-refractivity contribution in [2.75, 3.05) is 11.9 Å². The van der Waals surface area contributed by atoms with Crippen LogP contribution < -0.4 is 11.1 Å². The summed E-state index contributed by atoms with van der Waals surface area (Å²) in [7, 11) is -5.63. The van der Waals surface area contributed by atoms with E-state index in [0.29, 0.717) is 18.9 Å². The van der Waals surface area contributed by atoms with Gasteiger partial charge in [-0.05, 0) is 37.5 Å². The fraction of sp³-hybridized carbons (Fsp3) is 0.500. The molecule has 0 saturated heterocycles. The number of nitrogens with two attached hydrogens (primary N) is 1. The van der Waals surface area contributed by atoms with Crippen LogP contribution in [-0.2, 0) is 9.84 Å². The van der Waals surface area contributed by atoms with E-state index >= 15 is 0 Å². The summed E-state index contributed by atoms with van der Waals surface area (Å²) >= 11 is 0. The van der Waals surface area contributed by atoms with E-state index in [9.17, 15) is 26.0 Å². The van der Waals surface area contributed by atoms with Gasteiger partial charge in [-0.2, -0.15) is 13.2 Å². The van der Waals surface area contributed by atoms with E-state index in [0.717, 1.165) is 18.6 Å². The summed E-state index contributed by atoms with van der Waals surface area (Å²) in [6.07, 6.45) is 2.31. The van der Waals surface area contributed by atoms with Gasteiger partial charge < -0.3 is 11.1 Å². The van der Waals surface area contributed by atoms with E-state index in [4.69, 9.17) is 5.73 Å². The van der Waals surface area contributed by atoms with Gasteiger partial charge in [-0.15, -0.1) is 0 Å². The first-order valence-electron chi connectivity index (χ1n) is 6.19. The minimum atomic E-state index is -5.63. The highest BCUT2D eigenvalue weighted by Gasteiger charge is 2.48. The van der Waals surface area contributed by atoms with Gasteiger partial charge in [-0.3, -0.25) is 0 Å². The first kappa shape index (κ1) is 16.0. The number of rotatable bonds is 4. The molecule has 0 radical (unpaired) electrons. The molecular formula is C12H14F4N2O2S. The van der Waals surface area contributed by atoms with Crippen molar-refractivity contribution in [2.24, 2.45) is 5.73 Å². The number of sulfone groups is 1. The third-order valence-electron chi connectivity index (χ3n) is 3.52. The average Bonchev–Trinajstić information content (AvgIpc) is 2.33. The molecule has 0 aliphatic heterocycles. The summed E-state index contributed by atoms with van der Waals surface area (Å²) in [6.45, 7) is 0.124. The largest absolute Gasteiger partial charge is 0.501 e. The number of halogens is 4. The Morgan fingerprint density at radius 2 is 1.90 bits per heavy atom. The van der Waals surface area contributed by atoms with E-state index in [2.05, 4.69) is 5.32 Å². The topological polar surface area (TPSA) is 72.2 Å². The summed E-state index contributed by atoms with van der Waals surface area (Å²) < 4.78 is 73.9. The molecule has 0 heterocycles. The third kappa shape index (κ3) is 3.13. The molecule has 1 aromatic carbocycles. The Morgan fingerprint density at radius 1 is 1.29 bits per heavy atom. The lowest BCUT2D eigenvalue weighted by Crippen LogP contribution is -2.52. The fourth-order valence-corrected chi connectivity index (χ4v) is 3.01. The molecule has 4 nitrogen and oxygen atoms in total. The van der Waals surface area contributed by atoms with E-state index in [-0.39, 0.29) is 12.2 Å². The Labute approximate surface area is 119 Å². The fourth-order valence-electron chi connectivity index (χ4n) is 2.07. The molecule has 3 N–H and O–H groups in total. The smallest absolute Gasteiger partial charge is 0.382 e. The molecule has 1 aromatic rings. The maximum absolute atomic E-state index is 13.1. The van der Waals surface area contributed by atoms with Gasteiger partial charge in [0.2, 0.25) is 0 Å². The maximum Gasteiger partial charge on any atom is 0.501 e. The predicted molar refractivity (Wildman–Crippen MR) is 68.9 cm³/mol. The van der Waals surface area contributed by atoms with E-state index < -0.39 is 31.6 Å². The SMILES string of the molecule is NC1(CNc2ccc(F)cc2S(=O)(=O)C(F)(F)F)CCC1. The molecule has 0 spiro atoms. The van der Waals surface area contributed by atoms with Crippen molar-refractivity contribution < 1.29 is 26.0 Å². The highest BCUT2D eigenvalue weighted by molar-refractivity contribution is 7.92. The summed E-state index contributed by atoms with van der Waals surface area (Å²) in [4.78, 5) is -1.13. The van der Waals surface area contributed by atoms with E-state index in [1.165, 1.54) is 0 Å². The standard InChI is InChI=1S/C12H14F4N2O2S/c13-8-2-3-9(18-7-11(17)4-1-5-11)10(6-8)21(19,20)12(14,15)16/h2-3,6,18H,1,4-5,7,17H2. The lowest BCUT2D eigenvalue weighted by Gasteiger charge is -2.38. The average molecular weight is 326 g/mol. The Morgan fingerprint density at radius 3 is 2.38 bits per heavy atom. The van der Waals surface area contributed by atoms with Crippen LogP contribution in [0, 0.1) is 5.82 Å². The van der Waals surface area contributed by atoms with Gasteiger partial charge in [-0.1, -0.05) is 0 Å². The molecular weight excluding hydrogens is 312 g/mol. The zero-order chi connectivity index (χ0) is 15.9. The van der Waals surface area contributed by atoms with Gasteiger partial charge in [-0.25, -0.2) is 12.8 Å². The first-order valence-corrected chi connectivity index (χ1v) is 7.67. The summed E-state index contributed by atoms with van der Waals surface area (Å²) in [6, 6.07) is 2.22. The molecule has 0 atom stereocenters. The minimum Gasteiger partial charge on any atom is -0.382 e.